The summed E-state index contributed by atoms with van der Waals surface area (Å²) in [7, 11) is 0. The molecule has 0 N–H and O–H groups in total. The molecule has 0 aliphatic heterocycles. The molecule has 0 atom stereocenters. The first kappa shape index (κ1) is 49.0. The van der Waals surface area contributed by atoms with Gasteiger partial charge in [0.25, 0.3) is 0 Å². The van der Waals surface area contributed by atoms with Gasteiger partial charge in [0.2, 0.25) is 0 Å². The Morgan fingerprint density at radius 3 is 1.07 bits per heavy atom. The van der Waals surface area contributed by atoms with E-state index in [9.17, 15) is 4.39 Å². The van der Waals surface area contributed by atoms with Crippen molar-refractivity contribution >= 4 is 11.6 Å². The normalized spacial score (nSPS) is 22.0. The molecule has 7 rings (SSSR count). The van der Waals surface area contributed by atoms with Crippen LogP contribution in [0.25, 0.3) is 0 Å². The van der Waals surface area contributed by atoms with Crippen LogP contribution in [0.15, 0.2) is 48.5 Å². The van der Waals surface area contributed by atoms with Crippen LogP contribution in [-0.2, 0) is 10.8 Å². The van der Waals surface area contributed by atoms with Gasteiger partial charge in [-0.25, -0.2) is 4.39 Å². The highest BCUT2D eigenvalue weighted by molar-refractivity contribution is 6.30. The lowest BCUT2D eigenvalue weighted by atomic mass is 9.69. The third-order valence-electron chi connectivity index (χ3n) is 16.5. The predicted molar refractivity (Wildman–Crippen MR) is 247 cm³/mol. The largest absolute Gasteiger partial charge is 0.207 e. The molecule has 2 aromatic carbocycles. The standard InChI is InChI=1S/C14H19Cl.C14H19F.C10H20.C9H18.C7H14/c2*1-11(2)14(9-3-4-10-14)12-5-7-13(15)8-6-12;1-9(2)10(3)7-5-4-6-8-10;1-8(2)9-6-4-3-5-7-9;1-6(2)7(3)4-5-7/h2*5-8,11H,3-4,9-10H2,1-2H3;9H,4-8H2,1-3H3;8-9H,3-7H2,1-2H3;6H,4-5H2,1-3H3. The zero-order valence-electron chi connectivity index (χ0n) is 39.0. The topological polar surface area (TPSA) is 0 Å². The highest BCUT2D eigenvalue weighted by Gasteiger charge is 2.40. The molecule has 5 saturated carbocycles. The first-order valence-corrected chi connectivity index (χ1v) is 24.3. The van der Waals surface area contributed by atoms with Crippen molar-refractivity contribution in [1.29, 1.82) is 0 Å². The SMILES string of the molecule is CC(C)C1(C)CC1.CC(C)C1(C)CCCCC1.CC(C)C1(c2ccc(Cl)cc2)CCCC1.CC(C)C1(c2ccc(F)cc2)CCCC1.CC(C)C1CCCCC1. The van der Waals surface area contributed by atoms with Gasteiger partial charge in [-0.15, -0.1) is 0 Å². The Hall–Kier alpha value is -1.34. The second kappa shape index (κ2) is 22.9. The van der Waals surface area contributed by atoms with E-state index in [1.807, 2.05) is 24.3 Å². The Kier molecular flexibility index (Phi) is 20.0. The number of benzene rings is 2. The van der Waals surface area contributed by atoms with Gasteiger partial charge >= 0.3 is 0 Å². The summed E-state index contributed by atoms with van der Waals surface area (Å²) in [5.74, 6) is 5.02. The zero-order chi connectivity index (χ0) is 41.6. The summed E-state index contributed by atoms with van der Waals surface area (Å²) in [5.41, 5.74) is 4.98. The molecule has 5 aliphatic rings. The third-order valence-corrected chi connectivity index (χ3v) is 16.7. The molecule has 0 aromatic heterocycles. The molecular formula is C54H90ClF. The van der Waals surface area contributed by atoms with Crippen molar-refractivity contribution in [2.45, 2.75) is 222 Å². The summed E-state index contributed by atoms with van der Waals surface area (Å²) in [6, 6.07) is 15.6. The molecule has 0 heterocycles. The molecule has 0 nitrogen and oxygen atoms in total. The minimum Gasteiger partial charge on any atom is -0.207 e. The lowest BCUT2D eigenvalue weighted by Crippen LogP contribution is -2.28. The molecule has 0 radical (unpaired) electrons. The summed E-state index contributed by atoms with van der Waals surface area (Å²) in [6.07, 6.45) is 28.3. The second-order valence-electron chi connectivity index (χ2n) is 21.4. The molecule has 5 fully saturated rings. The van der Waals surface area contributed by atoms with Crippen LogP contribution in [0.3, 0.4) is 0 Å². The van der Waals surface area contributed by atoms with E-state index in [0.29, 0.717) is 22.2 Å². The van der Waals surface area contributed by atoms with E-state index in [0.717, 1.165) is 40.0 Å². The molecule has 0 bridgehead atoms. The lowest BCUT2D eigenvalue weighted by Gasteiger charge is -2.37. The monoisotopic (exact) mass is 793 g/mol. The van der Waals surface area contributed by atoms with E-state index in [1.54, 1.807) is 12.1 Å². The van der Waals surface area contributed by atoms with E-state index in [-0.39, 0.29) is 5.82 Å². The molecular weight excluding hydrogens is 703 g/mol. The van der Waals surface area contributed by atoms with Crippen LogP contribution in [0.2, 0.25) is 5.02 Å². The van der Waals surface area contributed by atoms with Crippen LogP contribution in [0.4, 0.5) is 4.39 Å². The van der Waals surface area contributed by atoms with Crippen molar-refractivity contribution in [2.75, 3.05) is 0 Å². The van der Waals surface area contributed by atoms with Gasteiger partial charge in [-0.2, -0.15) is 0 Å². The van der Waals surface area contributed by atoms with E-state index in [2.05, 4.69) is 95.2 Å². The van der Waals surface area contributed by atoms with E-state index >= 15 is 0 Å². The Bertz CT molecular complexity index is 1250. The van der Waals surface area contributed by atoms with Crippen molar-refractivity contribution < 1.29 is 4.39 Å². The summed E-state index contributed by atoms with van der Waals surface area (Å²) < 4.78 is 12.9. The average molecular weight is 794 g/mol. The van der Waals surface area contributed by atoms with Gasteiger partial charge in [-0.05, 0) is 144 Å². The Morgan fingerprint density at radius 2 is 0.786 bits per heavy atom. The van der Waals surface area contributed by atoms with Gasteiger partial charge in [0.1, 0.15) is 5.82 Å². The van der Waals surface area contributed by atoms with Crippen LogP contribution in [-0.4, -0.2) is 0 Å². The first-order chi connectivity index (χ1) is 26.4. The maximum absolute atomic E-state index is 12.9. The van der Waals surface area contributed by atoms with Crippen LogP contribution in [0.5, 0.6) is 0 Å². The van der Waals surface area contributed by atoms with Gasteiger partial charge in [0.15, 0.2) is 0 Å². The predicted octanol–water partition coefficient (Wildman–Crippen LogP) is 18.4. The second-order valence-corrected chi connectivity index (χ2v) is 21.8. The van der Waals surface area contributed by atoms with Crippen molar-refractivity contribution in [3.05, 3.63) is 70.5 Å². The molecule has 0 spiro atoms. The highest BCUT2D eigenvalue weighted by atomic mass is 35.5. The van der Waals surface area contributed by atoms with Gasteiger partial charge in [-0.1, -0.05) is 196 Å². The van der Waals surface area contributed by atoms with E-state index in [4.69, 9.17) is 11.6 Å². The first-order valence-electron chi connectivity index (χ1n) is 23.9. The fourth-order valence-electron chi connectivity index (χ4n) is 10.5. The molecule has 0 saturated heterocycles. The fourth-order valence-corrected chi connectivity index (χ4v) is 10.6. The summed E-state index contributed by atoms with van der Waals surface area (Å²) in [5, 5.41) is 0.843. The maximum atomic E-state index is 12.9. The molecule has 0 amide bonds. The van der Waals surface area contributed by atoms with Crippen LogP contribution in [0.1, 0.15) is 223 Å². The van der Waals surface area contributed by atoms with Crippen LogP contribution in [0, 0.1) is 52.2 Å². The van der Waals surface area contributed by atoms with Gasteiger partial charge in [0.05, 0.1) is 0 Å². The molecule has 5 aliphatic carbocycles. The summed E-state index contributed by atoms with van der Waals surface area (Å²) in [6.45, 7) is 28.2. The Labute approximate surface area is 353 Å². The number of hydrogen-bond donors (Lipinski definition) is 0. The molecule has 320 valence electrons. The van der Waals surface area contributed by atoms with Crippen LogP contribution >= 0.6 is 11.6 Å². The van der Waals surface area contributed by atoms with Crippen molar-refractivity contribution in [3.8, 4) is 0 Å². The minimum atomic E-state index is -0.129. The smallest absolute Gasteiger partial charge is 0.123 e. The van der Waals surface area contributed by atoms with E-state index < -0.39 is 0 Å². The fraction of sp³-hybridized carbons (Fsp3) is 0.778. The van der Waals surface area contributed by atoms with Gasteiger partial charge in [-0.3, -0.25) is 0 Å². The Balaban J connectivity index is 0.000000193. The van der Waals surface area contributed by atoms with Crippen molar-refractivity contribution in [3.63, 3.8) is 0 Å². The number of rotatable bonds is 7. The molecule has 2 aromatic rings. The summed E-state index contributed by atoms with van der Waals surface area (Å²) >= 11 is 5.94. The Morgan fingerprint density at radius 1 is 0.446 bits per heavy atom. The van der Waals surface area contributed by atoms with Gasteiger partial charge < -0.3 is 0 Å². The number of hydrogen-bond acceptors (Lipinski definition) is 0. The minimum absolute atomic E-state index is 0.129. The van der Waals surface area contributed by atoms with Crippen molar-refractivity contribution in [2.24, 2.45) is 46.3 Å². The third kappa shape index (κ3) is 14.1. The van der Waals surface area contributed by atoms with E-state index in [1.165, 1.54) is 140 Å². The molecule has 2 heteroatoms. The lowest BCUT2D eigenvalue weighted by molar-refractivity contribution is 0.143. The highest BCUT2D eigenvalue weighted by Crippen LogP contribution is 2.51. The molecule has 56 heavy (non-hydrogen) atoms. The summed E-state index contributed by atoms with van der Waals surface area (Å²) in [4.78, 5) is 0. The zero-order valence-corrected chi connectivity index (χ0v) is 39.7. The number of halogens is 2. The average Bonchev–Trinajstić information content (AvgIpc) is 3.52. The quantitative estimate of drug-likeness (QED) is 0.262. The van der Waals surface area contributed by atoms with Crippen LogP contribution < -0.4 is 0 Å². The maximum Gasteiger partial charge on any atom is 0.123 e. The molecule has 0 unspecified atom stereocenters. The van der Waals surface area contributed by atoms with Gasteiger partial charge in [0, 0.05) is 5.02 Å². The van der Waals surface area contributed by atoms with Crippen molar-refractivity contribution in [1.82, 2.24) is 0 Å².